The molecule has 4 heteroatoms. The smallest absolute Gasteiger partial charge is 0.170 e. The molecule has 13 heavy (non-hydrogen) atoms. The fourth-order valence-corrected chi connectivity index (χ4v) is 2.34. The SMILES string of the molecule is CCCCCP(OCC)OCC.[B]. The van der Waals surface area contributed by atoms with Crippen molar-refractivity contribution in [3.8, 4) is 0 Å². The first-order valence-electron chi connectivity index (χ1n) is 4.88. The Morgan fingerprint density at radius 3 is 1.85 bits per heavy atom. The van der Waals surface area contributed by atoms with E-state index in [2.05, 4.69) is 6.92 Å². The van der Waals surface area contributed by atoms with Crippen LogP contribution in [-0.2, 0) is 9.05 Å². The molecule has 0 aromatic rings. The number of unbranched alkanes of at least 4 members (excludes halogenated alkanes) is 2. The summed E-state index contributed by atoms with van der Waals surface area (Å²) in [7, 11) is -0.572. The van der Waals surface area contributed by atoms with Gasteiger partial charge in [0.25, 0.3) is 0 Å². The van der Waals surface area contributed by atoms with E-state index in [9.17, 15) is 0 Å². The fourth-order valence-electron chi connectivity index (χ4n) is 0.945. The van der Waals surface area contributed by atoms with Crippen molar-refractivity contribution >= 4 is 16.8 Å². The van der Waals surface area contributed by atoms with E-state index < -0.39 is 8.38 Å². The summed E-state index contributed by atoms with van der Waals surface area (Å²) in [5.41, 5.74) is 0. The van der Waals surface area contributed by atoms with Crippen molar-refractivity contribution in [1.82, 2.24) is 0 Å². The molecule has 0 atom stereocenters. The lowest BCUT2D eigenvalue weighted by Crippen LogP contribution is -1.95. The van der Waals surface area contributed by atoms with Crippen LogP contribution in [0.15, 0.2) is 0 Å². The van der Waals surface area contributed by atoms with Crippen LogP contribution in [0.25, 0.3) is 0 Å². The van der Waals surface area contributed by atoms with Gasteiger partial charge in [-0.2, -0.15) is 0 Å². The Bertz CT molecular complexity index is 87.7. The van der Waals surface area contributed by atoms with Gasteiger partial charge in [-0.1, -0.05) is 19.8 Å². The second kappa shape index (κ2) is 12.4. The lowest BCUT2D eigenvalue weighted by atomic mass is 10.3. The van der Waals surface area contributed by atoms with Gasteiger partial charge in [-0.05, 0) is 20.3 Å². The van der Waals surface area contributed by atoms with Gasteiger partial charge < -0.3 is 9.05 Å². The zero-order valence-corrected chi connectivity index (χ0v) is 9.98. The summed E-state index contributed by atoms with van der Waals surface area (Å²) in [6.07, 6.45) is 4.90. The Labute approximate surface area is 85.9 Å². The van der Waals surface area contributed by atoms with Crippen molar-refractivity contribution in [2.24, 2.45) is 0 Å². The number of hydrogen-bond acceptors (Lipinski definition) is 2. The summed E-state index contributed by atoms with van der Waals surface area (Å²) < 4.78 is 10.9. The van der Waals surface area contributed by atoms with Crippen LogP contribution in [0.5, 0.6) is 0 Å². The van der Waals surface area contributed by atoms with Gasteiger partial charge in [0.15, 0.2) is 8.38 Å². The van der Waals surface area contributed by atoms with Crippen LogP contribution in [0.3, 0.4) is 0 Å². The highest BCUT2D eigenvalue weighted by molar-refractivity contribution is 7.47. The van der Waals surface area contributed by atoms with E-state index in [0.29, 0.717) is 0 Å². The normalized spacial score (nSPS) is 10.2. The van der Waals surface area contributed by atoms with Crippen molar-refractivity contribution in [3.05, 3.63) is 0 Å². The molecule has 0 aliphatic rings. The van der Waals surface area contributed by atoms with Crippen molar-refractivity contribution in [3.63, 3.8) is 0 Å². The van der Waals surface area contributed by atoms with Gasteiger partial charge in [0.1, 0.15) is 0 Å². The minimum atomic E-state index is -0.572. The van der Waals surface area contributed by atoms with E-state index in [-0.39, 0.29) is 8.41 Å². The highest BCUT2D eigenvalue weighted by Gasteiger charge is 2.07. The third-order valence-electron chi connectivity index (χ3n) is 1.49. The van der Waals surface area contributed by atoms with Gasteiger partial charge in [0, 0.05) is 14.6 Å². The molecule has 0 amide bonds. The minimum Gasteiger partial charge on any atom is -0.334 e. The monoisotopic (exact) mass is 203 g/mol. The minimum absolute atomic E-state index is 0. The third-order valence-corrected chi connectivity index (χ3v) is 3.26. The highest BCUT2D eigenvalue weighted by Crippen LogP contribution is 2.38. The van der Waals surface area contributed by atoms with Crippen molar-refractivity contribution in [1.29, 1.82) is 0 Å². The zero-order valence-electron chi connectivity index (χ0n) is 9.08. The first-order chi connectivity index (χ1) is 5.85. The Kier molecular flexibility index (Phi) is 15.2. The fraction of sp³-hybridized carbons (Fsp3) is 1.00. The van der Waals surface area contributed by atoms with Crippen molar-refractivity contribution < 1.29 is 9.05 Å². The molecule has 0 aromatic carbocycles. The molecule has 3 radical (unpaired) electrons. The van der Waals surface area contributed by atoms with Crippen LogP contribution in [-0.4, -0.2) is 27.8 Å². The van der Waals surface area contributed by atoms with Crippen LogP contribution < -0.4 is 0 Å². The van der Waals surface area contributed by atoms with E-state index in [1.165, 1.54) is 19.3 Å². The highest BCUT2D eigenvalue weighted by atomic mass is 31.2. The molecule has 0 unspecified atom stereocenters. The molecule has 0 spiro atoms. The molecule has 0 fully saturated rings. The summed E-state index contributed by atoms with van der Waals surface area (Å²) in [4.78, 5) is 0. The Morgan fingerprint density at radius 2 is 1.46 bits per heavy atom. The molecule has 0 aliphatic carbocycles. The summed E-state index contributed by atoms with van der Waals surface area (Å²) in [5.74, 6) is 0. The van der Waals surface area contributed by atoms with Crippen LogP contribution in [0, 0.1) is 0 Å². The molecule has 0 rings (SSSR count). The quantitative estimate of drug-likeness (QED) is 0.342. The molecule has 0 bridgehead atoms. The molecule has 0 N–H and O–H groups in total. The maximum absolute atomic E-state index is 5.47. The summed E-state index contributed by atoms with van der Waals surface area (Å²) in [5, 5.41) is 0. The van der Waals surface area contributed by atoms with Crippen LogP contribution in [0.1, 0.15) is 40.0 Å². The predicted octanol–water partition coefficient (Wildman–Crippen LogP) is 3.18. The average molecular weight is 203 g/mol. The summed E-state index contributed by atoms with van der Waals surface area (Å²) in [6, 6.07) is 0. The maximum atomic E-state index is 5.47. The van der Waals surface area contributed by atoms with Gasteiger partial charge in [0.2, 0.25) is 0 Å². The van der Waals surface area contributed by atoms with Gasteiger partial charge in [0.05, 0.1) is 13.2 Å². The second-order valence-corrected chi connectivity index (χ2v) is 4.23. The van der Waals surface area contributed by atoms with E-state index in [1.54, 1.807) is 0 Å². The molecule has 0 aromatic heterocycles. The molecule has 0 saturated carbocycles. The predicted molar refractivity (Wildman–Crippen MR) is 60.3 cm³/mol. The molecule has 77 valence electrons. The Balaban J connectivity index is 0. The molecule has 0 heterocycles. The Hall–Kier alpha value is 0.415. The van der Waals surface area contributed by atoms with Crippen LogP contribution >= 0.6 is 8.38 Å². The topological polar surface area (TPSA) is 18.5 Å². The van der Waals surface area contributed by atoms with Crippen molar-refractivity contribution in [2.45, 2.75) is 40.0 Å². The van der Waals surface area contributed by atoms with E-state index in [0.717, 1.165) is 19.4 Å². The van der Waals surface area contributed by atoms with Gasteiger partial charge >= 0.3 is 0 Å². The van der Waals surface area contributed by atoms with Gasteiger partial charge in [-0.3, -0.25) is 0 Å². The van der Waals surface area contributed by atoms with Crippen LogP contribution in [0.2, 0.25) is 0 Å². The molecule has 0 saturated heterocycles. The second-order valence-electron chi connectivity index (χ2n) is 2.60. The first kappa shape index (κ1) is 15.9. The van der Waals surface area contributed by atoms with Crippen LogP contribution in [0.4, 0.5) is 0 Å². The van der Waals surface area contributed by atoms with E-state index in [4.69, 9.17) is 9.05 Å². The average Bonchev–Trinajstić information content (AvgIpc) is 2.06. The lowest BCUT2D eigenvalue weighted by Gasteiger charge is -2.14. The zero-order chi connectivity index (χ0) is 9.23. The lowest BCUT2D eigenvalue weighted by molar-refractivity contribution is 0.269. The molecular weight excluding hydrogens is 182 g/mol. The van der Waals surface area contributed by atoms with E-state index >= 15 is 0 Å². The standard InChI is InChI=1S/C9H21O2P.B/c1-4-7-8-9-12(10-5-2)11-6-3;/h4-9H2,1-3H3;. The summed E-state index contributed by atoms with van der Waals surface area (Å²) in [6.45, 7) is 7.81. The number of hydrogen-bond donors (Lipinski definition) is 0. The third kappa shape index (κ3) is 10.3. The molecular formula is C9H21BO2P. The molecule has 2 nitrogen and oxygen atoms in total. The van der Waals surface area contributed by atoms with Gasteiger partial charge in [-0.15, -0.1) is 0 Å². The summed E-state index contributed by atoms with van der Waals surface area (Å²) >= 11 is 0. The Morgan fingerprint density at radius 1 is 0.923 bits per heavy atom. The first-order valence-corrected chi connectivity index (χ1v) is 6.24. The van der Waals surface area contributed by atoms with Gasteiger partial charge in [-0.25, -0.2) is 0 Å². The van der Waals surface area contributed by atoms with Crippen molar-refractivity contribution in [2.75, 3.05) is 19.4 Å². The largest absolute Gasteiger partial charge is 0.334 e. The maximum Gasteiger partial charge on any atom is 0.170 e. The number of rotatable bonds is 8. The van der Waals surface area contributed by atoms with E-state index in [1.807, 2.05) is 13.8 Å². The molecule has 0 aliphatic heterocycles.